The normalized spacial score (nSPS) is 24.7. The van der Waals surface area contributed by atoms with Crippen molar-refractivity contribution in [2.24, 2.45) is 0 Å². The monoisotopic (exact) mass is 315 g/mol. The Balaban J connectivity index is 1.67. The van der Waals surface area contributed by atoms with Gasteiger partial charge in [-0.2, -0.15) is 0 Å². The highest BCUT2D eigenvalue weighted by atomic mass is 16.2. The standard InChI is InChI=1S/C18H25N3O2/c1-12-4-5-13(2)15(6-12)8-20-10-17-7-16(19-14(3)22)9-21(17)18(23)11-20/h4-6,16-17H,7-11H2,1-3H3,(H,19,22)/t16-,17-/m0/s1. The van der Waals surface area contributed by atoms with Gasteiger partial charge in [-0.25, -0.2) is 0 Å². The second kappa shape index (κ2) is 6.32. The predicted molar refractivity (Wildman–Crippen MR) is 88.9 cm³/mol. The van der Waals surface area contributed by atoms with Crippen LogP contribution in [-0.2, 0) is 16.1 Å². The number of hydrogen-bond donors (Lipinski definition) is 1. The van der Waals surface area contributed by atoms with Crippen molar-refractivity contribution >= 4 is 11.8 Å². The van der Waals surface area contributed by atoms with Crippen LogP contribution in [0.25, 0.3) is 0 Å². The molecule has 0 radical (unpaired) electrons. The topological polar surface area (TPSA) is 52.7 Å². The summed E-state index contributed by atoms with van der Waals surface area (Å²) in [5.41, 5.74) is 3.82. The highest BCUT2D eigenvalue weighted by molar-refractivity contribution is 5.80. The van der Waals surface area contributed by atoms with Gasteiger partial charge in [0.15, 0.2) is 0 Å². The number of benzene rings is 1. The van der Waals surface area contributed by atoms with Gasteiger partial charge in [0, 0.05) is 38.6 Å². The zero-order valence-corrected chi connectivity index (χ0v) is 14.1. The summed E-state index contributed by atoms with van der Waals surface area (Å²) in [6, 6.07) is 6.79. The zero-order chi connectivity index (χ0) is 16.6. The molecule has 1 N–H and O–H groups in total. The summed E-state index contributed by atoms with van der Waals surface area (Å²) >= 11 is 0. The first kappa shape index (κ1) is 16.0. The predicted octanol–water partition coefficient (Wildman–Crippen LogP) is 1.22. The number of aryl methyl sites for hydroxylation is 2. The molecule has 2 aliphatic rings. The van der Waals surface area contributed by atoms with Gasteiger partial charge in [0.2, 0.25) is 11.8 Å². The molecule has 2 amide bonds. The van der Waals surface area contributed by atoms with Crippen molar-refractivity contribution < 1.29 is 9.59 Å². The molecule has 23 heavy (non-hydrogen) atoms. The van der Waals surface area contributed by atoms with Crippen molar-refractivity contribution in [3.8, 4) is 0 Å². The first-order valence-electron chi connectivity index (χ1n) is 8.27. The molecule has 0 bridgehead atoms. The lowest BCUT2D eigenvalue weighted by Gasteiger charge is -2.37. The summed E-state index contributed by atoms with van der Waals surface area (Å²) in [6.45, 7) is 8.57. The van der Waals surface area contributed by atoms with E-state index in [1.54, 1.807) is 0 Å². The van der Waals surface area contributed by atoms with Gasteiger partial charge in [0.1, 0.15) is 0 Å². The molecule has 0 saturated carbocycles. The minimum Gasteiger partial charge on any atom is -0.352 e. The lowest BCUT2D eigenvalue weighted by molar-refractivity contribution is -0.138. The molecule has 0 aromatic heterocycles. The van der Waals surface area contributed by atoms with Crippen molar-refractivity contribution in [3.63, 3.8) is 0 Å². The molecular weight excluding hydrogens is 290 g/mol. The van der Waals surface area contributed by atoms with Crippen LogP contribution in [0.2, 0.25) is 0 Å². The lowest BCUT2D eigenvalue weighted by atomic mass is 10.0. The van der Waals surface area contributed by atoms with Crippen molar-refractivity contribution in [3.05, 3.63) is 34.9 Å². The van der Waals surface area contributed by atoms with E-state index >= 15 is 0 Å². The number of rotatable bonds is 3. The minimum atomic E-state index is -0.0189. The van der Waals surface area contributed by atoms with Gasteiger partial charge in [0.25, 0.3) is 0 Å². The molecule has 1 aromatic carbocycles. The van der Waals surface area contributed by atoms with Crippen LogP contribution < -0.4 is 5.32 Å². The number of fused-ring (bicyclic) bond motifs is 1. The molecule has 5 heteroatoms. The Morgan fingerprint density at radius 2 is 2.09 bits per heavy atom. The summed E-state index contributed by atoms with van der Waals surface area (Å²) < 4.78 is 0. The number of carbonyl (C=O) groups is 2. The van der Waals surface area contributed by atoms with Crippen molar-refractivity contribution in [1.29, 1.82) is 0 Å². The Labute approximate surface area is 137 Å². The maximum absolute atomic E-state index is 12.4. The summed E-state index contributed by atoms with van der Waals surface area (Å²) in [5.74, 6) is 0.161. The fourth-order valence-electron chi connectivity index (χ4n) is 3.76. The number of nitrogens with one attached hydrogen (secondary N) is 1. The maximum atomic E-state index is 12.4. The molecular formula is C18H25N3O2. The maximum Gasteiger partial charge on any atom is 0.237 e. The van der Waals surface area contributed by atoms with Crippen LogP contribution in [0.15, 0.2) is 18.2 Å². The Hall–Kier alpha value is -1.88. The molecule has 1 aromatic rings. The summed E-state index contributed by atoms with van der Waals surface area (Å²) in [5, 5.41) is 2.95. The summed E-state index contributed by atoms with van der Waals surface area (Å²) in [6.07, 6.45) is 0.856. The fourth-order valence-corrected chi connectivity index (χ4v) is 3.76. The van der Waals surface area contributed by atoms with Gasteiger partial charge >= 0.3 is 0 Å². The zero-order valence-electron chi connectivity index (χ0n) is 14.1. The molecule has 0 aliphatic carbocycles. The Bertz CT molecular complexity index is 629. The van der Waals surface area contributed by atoms with E-state index in [9.17, 15) is 9.59 Å². The van der Waals surface area contributed by atoms with Crippen molar-refractivity contribution in [1.82, 2.24) is 15.1 Å². The summed E-state index contributed by atoms with van der Waals surface area (Å²) in [4.78, 5) is 27.9. The van der Waals surface area contributed by atoms with E-state index in [2.05, 4.69) is 42.3 Å². The molecule has 0 spiro atoms. The van der Waals surface area contributed by atoms with Gasteiger partial charge in [0.05, 0.1) is 6.54 Å². The summed E-state index contributed by atoms with van der Waals surface area (Å²) in [7, 11) is 0. The molecule has 3 rings (SSSR count). The van der Waals surface area contributed by atoms with E-state index in [1.165, 1.54) is 23.6 Å². The first-order valence-corrected chi connectivity index (χ1v) is 8.27. The Morgan fingerprint density at radius 1 is 1.30 bits per heavy atom. The van der Waals surface area contributed by atoms with Crippen LogP contribution in [0.4, 0.5) is 0 Å². The highest BCUT2D eigenvalue weighted by Crippen LogP contribution is 2.24. The Kier molecular flexibility index (Phi) is 4.39. The third-order valence-electron chi connectivity index (χ3n) is 4.87. The third kappa shape index (κ3) is 3.55. The fraction of sp³-hybridized carbons (Fsp3) is 0.556. The lowest BCUT2D eigenvalue weighted by Crippen LogP contribution is -2.53. The molecule has 2 atom stereocenters. The van der Waals surface area contributed by atoms with Crippen LogP contribution in [-0.4, -0.2) is 53.3 Å². The number of amides is 2. The number of piperazine rings is 1. The van der Waals surface area contributed by atoms with Gasteiger partial charge in [-0.15, -0.1) is 0 Å². The molecule has 2 fully saturated rings. The van der Waals surface area contributed by atoms with Crippen LogP contribution >= 0.6 is 0 Å². The van der Waals surface area contributed by atoms with E-state index in [0.717, 1.165) is 19.5 Å². The van der Waals surface area contributed by atoms with Crippen molar-refractivity contribution in [2.75, 3.05) is 19.6 Å². The largest absolute Gasteiger partial charge is 0.352 e. The van der Waals surface area contributed by atoms with Gasteiger partial charge in [-0.1, -0.05) is 23.8 Å². The number of nitrogens with zero attached hydrogens (tertiary/aromatic N) is 2. The third-order valence-corrected chi connectivity index (χ3v) is 4.87. The number of hydrogen-bond acceptors (Lipinski definition) is 3. The first-order chi connectivity index (χ1) is 10.9. The van der Waals surface area contributed by atoms with Crippen LogP contribution in [0.1, 0.15) is 30.0 Å². The smallest absolute Gasteiger partial charge is 0.237 e. The second-order valence-electron chi connectivity index (χ2n) is 6.93. The van der Waals surface area contributed by atoms with Crippen LogP contribution in [0, 0.1) is 13.8 Å². The van der Waals surface area contributed by atoms with Crippen LogP contribution in [0.3, 0.4) is 0 Å². The number of carbonyl (C=O) groups excluding carboxylic acids is 2. The van der Waals surface area contributed by atoms with E-state index < -0.39 is 0 Å². The average molecular weight is 315 g/mol. The molecule has 2 aliphatic heterocycles. The van der Waals surface area contributed by atoms with E-state index in [0.29, 0.717) is 13.1 Å². The van der Waals surface area contributed by atoms with Crippen molar-refractivity contribution in [2.45, 2.75) is 45.8 Å². The quantitative estimate of drug-likeness (QED) is 0.913. The molecule has 2 saturated heterocycles. The van der Waals surface area contributed by atoms with Gasteiger partial charge in [-0.3, -0.25) is 14.5 Å². The molecule has 124 valence electrons. The van der Waals surface area contributed by atoms with E-state index in [-0.39, 0.29) is 23.9 Å². The molecule has 5 nitrogen and oxygen atoms in total. The molecule has 0 unspecified atom stereocenters. The average Bonchev–Trinajstić information content (AvgIpc) is 2.85. The van der Waals surface area contributed by atoms with Crippen LogP contribution in [0.5, 0.6) is 0 Å². The highest BCUT2D eigenvalue weighted by Gasteiger charge is 2.40. The Morgan fingerprint density at radius 3 is 2.83 bits per heavy atom. The molecule has 2 heterocycles. The second-order valence-corrected chi connectivity index (χ2v) is 6.93. The minimum absolute atomic E-state index is 0.0189. The van der Waals surface area contributed by atoms with Gasteiger partial charge in [-0.05, 0) is 31.4 Å². The van der Waals surface area contributed by atoms with E-state index in [4.69, 9.17) is 0 Å². The van der Waals surface area contributed by atoms with E-state index in [1.807, 2.05) is 4.90 Å². The SMILES string of the molecule is CC(=O)N[C@H]1C[C@H]2CN(Cc3cc(C)ccc3C)CC(=O)N2C1. The van der Waals surface area contributed by atoms with Gasteiger partial charge < -0.3 is 10.2 Å².